The summed E-state index contributed by atoms with van der Waals surface area (Å²) in [5.74, 6) is -0.763. The van der Waals surface area contributed by atoms with E-state index in [4.69, 9.17) is 4.74 Å². The van der Waals surface area contributed by atoms with E-state index in [1.807, 2.05) is 11.8 Å². The Kier molecular flexibility index (Phi) is 5.46. The maximum absolute atomic E-state index is 15.1. The molecular formula is C20H22FN3O4S. The molecule has 1 aromatic heterocycles. The molecule has 1 atom stereocenters. The molecule has 0 amide bonds. The lowest BCUT2D eigenvalue weighted by atomic mass is 9.87. The molecule has 9 heteroatoms. The van der Waals surface area contributed by atoms with Gasteiger partial charge in [-0.3, -0.25) is 4.79 Å². The number of hydrogen-bond donors (Lipinski definition) is 1. The first kappa shape index (κ1) is 20.1. The third-order valence-corrected chi connectivity index (χ3v) is 6.55. The molecule has 1 N–H and O–H groups in total. The summed E-state index contributed by atoms with van der Waals surface area (Å²) in [6.45, 7) is 3.23. The van der Waals surface area contributed by atoms with Gasteiger partial charge in [-0.25, -0.2) is 9.18 Å². The van der Waals surface area contributed by atoms with Crippen molar-refractivity contribution in [3.05, 3.63) is 45.5 Å². The van der Waals surface area contributed by atoms with Crippen molar-refractivity contribution in [3.8, 4) is 0 Å². The lowest BCUT2D eigenvalue weighted by molar-refractivity contribution is -0.133. The average molecular weight is 419 g/mol. The summed E-state index contributed by atoms with van der Waals surface area (Å²) >= 11 is 1.11. The quantitative estimate of drug-likeness (QED) is 0.718. The number of benzene rings is 1. The Morgan fingerprint density at radius 1 is 1.41 bits per heavy atom. The Morgan fingerprint density at radius 2 is 2.17 bits per heavy atom. The molecule has 0 unspecified atom stereocenters. The summed E-state index contributed by atoms with van der Waals surface area (Å²) in [6.07, 6.45) is 0.968. The molecule has 2 aliphatic rings. The topological polar surface area (TPSA) is 92.6 Å². The van der Waals surface area contributed by atoms with Crippen LogP contribution in [0.5, 0.6) is 0 Å². The van der Waals surface area contributed by atoms with Gasteiger partial charge in [0.2, 0.25) is 0 Å². The fourth-order valence-electron chi connectivity index (χ4n) is 4.02. The van der Waals surface area contributed by atoms with E-state index >= 15 is 4.39 Å². The van der Waals surface area contributed by atoms with Crippen LogP contribution in [-0.4, -0.2) is 56.6 Å². The zero-order valence-electron chi connectivity index (χ0n) is 16.1. The standard InChI is InChI=1S/C20H22FN3O4S/c1-12-14(2-3-15-16(12)11-28-19(15)27)17(25)10-24-6-4-20(21,5-7-24)18(26)8-13-9-22-23-29-13/h2-3,9,17,25H,4-8,10-11H2,1H3/t17-/m0/s1. The Bertz CT molecular complexity index is 926. The van der Waals surface area contributed by atoms with Crippen LogP contribution in [0.2, 0.25) is 0 Å². The number of likely N-dealkylation sites (tertiary alicyclic amines) is 1. The van der Waals surface area contributed by atoms with Crippen molar-refractivity contribution in [1.29, 1.82) is 0 Å². The number of alkyl halides is 1. The summed E-state index contributed by atoms with van der Waals surface area (Å²) < 4.78 is 23.9. The van der Waals surface area contributed by atoms with Crippen LogP contribution in [0.1, 0.15) is 50.9 Å². The maximum atomic E-state index is 15.1. The number of carbonyl (C=O) groups excluding carboxylic acids is 2. The average Bonchev–Trinajstić information content (AvgIpc) is 3.34. The zero-order chi connectivity index (χ0) is 20.6. The summed E-state index contributed by atoms with van der Waals surface area (Å²) in [7, 11) is 0. The number of esters is 1. The molecule has 2 aliphatic heterocycles. The number of halogens is 1. The molecule has 3 heterocycles. The van der Waals surface area contributed by atoms with Gasteiger partial charge in [0.1, 0.15) is 6.61 Å². The van der Waals surface area contributed by atoms with E-state index in [-0.39, 0.29) is 31.8 Å². The Balaban J connectivity index is 1.36. The number of fused-ring (bicyclic) bond motifs is 1. The molecule has 0 saturated carbocycles. The number of hydrogen-bond acceptors (Lipinski definition) is 8. The number of ether oxygens (including phenoxy) is 1. The molecule has 1 aromatic carbocycles. The Labute approximate surface area is 171 Å². The van der Waals surface area contributed by atoms with E-state index in [0.717, 1.165) is 28.2 Å². The summed E-state index contributed by atoms with van der Waals surface area (Å²) in [5, 5.41) is 14.4. The van der Waals surface area contributed by atoms with Crippen molar-refractivity contribution in [2.45, 2.75) is 44.6 Å². The maximum Gasteiger partial charge on any atom is 0.338 e. The number of cyclic esters (lactones) is 1. The Hall–Kier alpha value is -2.23. The van der Waals surface area contributed by atoms with Gasteiger partial charge in [-0.1, -0.05) is 10.6 Å². The van der Waals surface area contributed by atoms with E-state index in [1.54, 1.807) is 12.1 Å². The predicted octanol–water partition coefficient (Wildman–Crippen LogP) is 2.17. The van der Waals surface area contributed by atoms with Gasteiger partial charge in [-0.15, -0.1) is 5.10 Å². The van der Waals surface area contributed by atoms with E-state index in [2.05, 4.69) is 9.59 Å². The molecular weight excluding hydrogens is 397 g/mol. The van der Waals surface area contributed by atoms with Crippen LogP contribution in [0.25, 0.3) is 0 Å². The number of aliphatic hydroxyl groups excluding tert-OH is 1. The van der Waals surface area contributed by atoms with Gasteiger partial charge in [0.25, 0.3) is 0 Å². The van der Waals surface area contributed by atoms with Gasteiger partial charge in [0.15, 0.2) is 11.5 Å². The van der Waals surface area contributed by atoms with E-state index in [1.165, 1.54) is 6.20 Å². The molecule has 29 heavy (non-hydrogen) atoms. The van der Waals surface area contributed by atoms with Crippen molar-refractivity contribution in [2.75, 3.05) is 19.6 Å². The molecule has 154 valence electrons. The number of ketones is 1. The zero-order valence-corrected chi connectivity index (χ0v) is 16.9. The van der Waals surface area contributed by atoms with Crippen LogP contribution in [0, 0.1) is 6.92 Å². The highest BCUT2D eigenvalue weighted by Crippen LogP contribution is 2.32. The lowest BCUT2D eigenvalue weighted by Crippen LogP contribution is -2.47. The van der Waals surface area contributed by atoms with Crippen LogP contribution in [0.15, 0.2) is 18.3 Å². The van der Waals surface area contributed by atoms with Crippen LogP contribution in [-0.2, 0) is 22.6 Å². The van der Waals surface area contributed by atoms with Gasteiger partial charge in [-0.05, 0) is 35.6 Å². The predicted molar refractivity (Wildman–Crippen MR) is 103 cm³/mol. The fourth-order valence-corrected chi connectivity index (χ4v) is 4.51. The minimum Gasteiger partial charge on any atom is -0.457 e. The fraction of sp³-hybridized carbons (Fsp3) is 0.500. The highest BCUT2D eigenvalue weighted by atomic mass is 32.1. The van der Waals surface area contributed by atoms with Crippen molar-refractivity contribution in [2.24, 2.45) is 0 Å². The van der Waals surface area contributed by atoms with Crippen molar-refractivity contribution >= 4 is 23.3 Å². The number of Topliss-reactive ketones (excluding diaryl/α,β-unsaturated/α-hetero) is 1. The minimum atomic E-state index is -1.84. The summed E-state index contributed by atoms with van der Waals surface area (Å²) in [5.41, 5.74) is 1.12. The number of rotatable bonds is 6. The van der Waals surface area contributed by atoms with Crippen molar-refractivity contribution < 1.29 is 23.8 Å². The van der Waals surface area contributed by atoms with Gasteiger partial charge in [0, 0.05) is 44.5 Å². The third-order valence-electron chi connectivity index (χ3n) is 5.89. The molecule has 7 nitrogen and oxygen atoms in total. The molecule has 0 spiro atoms. The molecule has 4 rings (SSSR count). The monoisotopic (exact) mass is 419 g/mol. The second kappa shape index (κ2) is 7.89. The van der Waals surface area contributed by atoms with Gasteiger partial charge in [-0.2, -0.15) is 0 Å². The van der Waals surface area contributed by atoms with Gasteiger partial charge in [0.05, 0.1) is 22.7 Å². The first-order valence-corrected chi connectivity index (χ1v) is 10.3. The van der Waals surface area contributed by atoms with Crippen LogP contribution >= 0.6 is 11.5 Å². The Morgan fingerprint density at radius 3 is 2.86 bits per heavy atom. The normalized spacial score (nSPS) is 19.6. The van der Waals surface area contributed by atoms with Gasteiger partial charge >= 0.3 is 5.97 Å². The van der Waals surface area contributed by atoms with Crippen molar-refractivity contribution in [1.82, 2.24) is 14.5 Å². The van der Waals surface area contributed by atoms with Crippen molar-refractivity contribution in [3.63, 3.8) is 0 Å². The van der Waals surface area contributed by atoms with E-state index < -0.39 is 17.6 Å². The smallest absolute Gasteiger partial charge is 0.338 e. The number of aliphatic hydroxyl groups is 1. The molecule has 1 saturated heterocycles. The van der Waals surface area contributed by atoms with E-state index in [9.17, 15) is 14.7 Å². The largest absolute Gasteiger partial charge is 0.457 e. The number of aromatic nitrogens is 2. The number of β-amino-alcohol motifs (C(OH)–C–C–N with tert-alkyl or cyclic N) is 1. The van der Waals surface area contributed by atoms with Crippen LogP contribution in [0.4, 0.5) is 4.39 Å². The molecule has 0 aliphatic carbocycles. The number of nitrogens with zero attached hydrogens (tertiary/aromatic N) is 3. The number of carbonyl (C=O) groups is 2. The number of piperidine rings is 1. The first-order chi connectivity index (χ1) is 13.9. The van der Waals surface area contributed by atoms with E-state index in [0.29, 0.717) is 30.1 Å². The molecule has 2 aromatic rings. The highest BCUT2D eigenvalue weighted by Gasteiger charge is 2.41. The molecule has 0 bridgehead atoms. The van der Waals surface area contributed by atoms with Gasteiger partial charge < -0.3 is 14.7 Å². The minimum absolute atomic E-state index is 0.0197. The second-order valence-corrected chi connectivity index (χ2v) is 8.52. The molecule has 1 fully saturated rings. The highest BCUT2D eigenvalue weighted by molar-refractivity contribution is 7.05. The lowest BCUT2D eigenvalue weighted by Gasteiger charge is -2.36. The summed E-state index contributed by atoms with van der Waals surface area (Å²) in [4.78, 5) is 26.7. The second-order valence-electron chi connectivity index (χ2n) is 7.65. The first-order valence-electron chi connectivity index (χ1n) is 9.56. The summed E-state index contributed by atoms with van der Waals surface area (Å²) in [6, 6.07) is 3.44. The molecule has 0 radical (unpaired) electrons. The van der Waals surface area contributed by atoms with Crippen LogP contribution < -0.4 is 0 Å². The third kappa shape index (κ3) is 3.94. The van der Waals surface area contributed by atoms with Crippen LogP contribution in [0.3, 0.4) is 0 Å². The SMILES string of the molecule is Cc1c([C@@H](O)CN2CCC(F)(C(=O)Cc3cnns3)CC2)ccc2c1COC2=O.